The Labute approximate surface area is 122 Å². The number of hydrogen-bond acceptors (Lipinski definition) is 4. The van der Waals surface area contributed by atoms with E-state index in [1.807, 2.05) is 6.07 Å². The summed E-state index contributed by atoms with van der Waals surface area (Å²) in [5, 5.41) is 3.39. The van der Waals surface area contributed by atoms with Gasteiger partial charge < -0.3 is 15.0 Å². The highest BCUT2D eigenvalue weighted by Gasteiger charge is 2.17. The molecule has 0 saturated carbocycles. The summed E-state index contributed by atoms with van der Waals surface area (Å²) in [7, 11) is 2.17. The van der Waals surface area contributed by atoms with Crippen molar-refractivity contribution in [3.05, 3.63) is 29.6 Å². The van der Waals surface area contributed by atoms with Gasteiger partial charge in [0.15, 0.2) is 0 Å². The number of piperidine rings is 1. The Hall–Kier alpha value is -0.970. The number of rotatable bonds is 6. The molecule has 1 fully saturated rings. The molecule has 0 amide bonds. The maximum absolute atomic E-state index is 5.99. The SMILES string of the molecule is CC(C)NCc1cccc(COC2CCN(C)CC2)n1. The van der Waals surface area contributed by atoms with Gasteiger partial charge in [0, 0.05) is 25.7 Å². The third-order valence-electron chi connectivity index (χ3n) is 3.69. The molecule has 0 unspecified atom stereocenters. The normalized spacial score (nSPS) is 17.8. The van der Waals surface area contributed by atoms with Crippen LogP contribution in [0, 0.1) is 0 Å². The van der Waals surface area contributed by atoms with Crippen LogP contribution in [-0.4, -0.2) is 42.2 Å². The number of nitrogens with zero attached hydrogens (tertiary/aromatic N) is 2. The molecule has 0 spiro atoms. The van der Waals surface area contributed by atoms with E-state index in [-0.39, 0.29) is 0 Å². The molecular formula is C16H27N3O. The van der Waals surface area contributed by atoms with Crippen molar-refractivity contribution in [3.63, 3.8) is 0 Å². The van der Waals surface area contributed by atoms with Gasteiger partial charge in [-0.25, -0.2) is 0 Å². The summed E-state index contributed by atoms with van der Waals surface area (Å²) in [6.45, 7) is 8.01. The Balaban J connectivity index is 1.79. The number of aromatic nitrogens is 1. The molecule has 0 aliphatic carbocycles. The lowest BCUT2D eigenvalue weighted by Crippen LogP contribution is -2.34. The highest BCUT2D eigenvalue weighted by molar-refractivity contribution is 5.10. The molecule has 0 aromatic carbocycles. The van der Waals surface area contributed by atoms with Gasteiger partial charge >= 0.3 is 0 Å². The van der Waals surface area contributed by atoms with Crippen molar-refractivity contribution in [1.82, 2.24) is 15.2 Å². The predicted octanol–water partition coefficient (Wildman–Crippen LogP) is 2.19. The molecule has 0 bridgehead atoms. The van der Waals surface area contributed by atoms with E-state index in [1.54, 1.807) is 0 Å². The topological polar surface area (TPSA) is 37.4 Å². The smallest absolute Gasteiger partial charge is 0.0891 e. The summed E-state index contributed by atoms with van der Waals surface area (Å²) in [5.74, 6) is 0. The second-order valence-corrected chi connectivity index (χ2v) is 5.97. The fraction of sp³-hybridized carbons (Fsp3) is 0.688. The standard InChI is InChI=1S/C16H27N3O/c1-13(2)17-11-14-5-4-6-15(18-14)12-20-16-7-9-19(3)10-8-16/h4-6,13,16-17H,7-12H2,1-3H3. The van der Waals surface area contributed by atoms with E-state index in [0.717, 1.165) is 43.9 Å². The molecule has 4 nitrogen and oxygen atoms in total. The zero-order valence-electron chi connectivity index (χ0n) is 12.9. The van der Waals surface area contributed by atoms with Crippen LogP contribution in [0.1, 0.15) is 38.1 Å². The van der Waals surface area contributed by atoms with E-state index < -0.39 is 0 Å². The Bertz CT molecular complexity index is 400. The molecule has 1 saturated heterocycles. The van der Waals surface area contributed by atoms with Crippen LogP contribution in [0.15, 0.2) is 18.2 Å². The van der Waals surface area contributed by atoms with Crippen LogP contribution in [-0.2, 0) is 17.9 Å². The van der Waals surface area contributed by atoms with E-state index in [4.69, 9.17) is 4.74 Å². The lowest BCUT2D eigenvalue weighted by atomic mass is 10.1. The molecule has 112 valence electrons. The minimum Gasteiger partial charge on any atom is -0.372 e. The first-order valence-electron chi connectivity index (χ1n) is 7.62. The van der Waals surface area contributed by atoms with E-state index in [1.165, 1.54) is 0 Å². The van der Waals surface area contributed by atoms with Crippen LogP contribution in [0.25, 0.3) is 0 Å². The third kappa shape index (κ3) is 5.19. The van der Waals surface area contributed by atoms with Crippen molar-refractivity contribution in [1.29, 1.82) is 0 Å². The lowest BCUT2D eigenvalue weighted by molar-refractivity contribution is 0.000694. The number of ether oxygens (including phenoxy) is 1. The monoisotopic (exact) mass is 277 g/mol. The van der Waals surface area contributed by atoms with Crippen molar-refractivity contribution in [2.24, 2.45) is 0 Å². The van der Waals surface area contributed by atoms with Crippen molar-refractivity contribution in [2.45, 2.75) is 52.0 Å². The highest BCUT2D eigenvalue weighted by atomic mass is 16.5. The quantitative estimate of drug-likeness (QED) is 0.865. The average molecular weight is 277 g/mol. The predicted molar refractivity (Wildman–Crippen MR) is 81.5 cm³/mol. The number of likely N-dealkylation sites (tertiary alicyclic amines) is 1. The summed E-state index contributed by atoms with van der Waals surface area (Å²) >= 11 is 0. The average Bonchev–Trinajstić information content (AvgIpc) is 2.45. The fourth-order valence-corrected chi connectivity index (χ4v) is 2.37. The van der Waals surface area contributed by atoms with Gasteiger partial charge in [-0.15, -0.1) is 0 Å². The first-order chi connectivity index (χ1) is 9.63. The van der Waals surface area contributed by atoms with Crippen molar-refractivity contribution in [3.8, 4) is 0 Å². The van der Waals surface area contributed by atoms with Gasteiger partial charge in [0.05, 0.1) is 24.1 Å². The molecular weight excluding hydrogens is 250 g/mol. The molecule has 2 heterocycles. The zero-order chi connectivity index (χ0) is 14.4. The van der Waals surface area contributed by atoms with Gasteiger partial charge in [0.1, 0.15) is 0 Å². The Morgan fingerprint density at radius 2 is 2.00 bits per heavy atom. The molecule has 1 N–H and O–H groups in total. The first kappa shape index (κ1) is 15.4. The van der Waals surface area contributed by atoms with Crippen LogP contribution in [0.5, 0.6) is 0 Å². The molecule has 2 rings (SSSR count). The third-order valence-corrected chi connectivity index (χ3v) is 3.69. The first-order valence-corrected chi connectivity index (χ1v) is 7.62. The van der Waals surface area contributed by atoms with Crippen molar-refractivity contribution in [2.75, 3.05) is 20.1 Å². The second-order valence-electron chi connectivity index (χ2n) is 5.97. The van der Waals surface area contributed by atoms with Gasteiger partial charge in [-0.3, -0.25) is 4.98 Å². The van der Waals surface area contributed by atoms with Crippen LogP contribution in [0.2, 0.25) is 0 Å². The van der Waals surface area contributed by atoms with E-state index in [0.29, 0.717) is 18.8 Å². The van der Waals surface area contributed by atoms with Gasteiger partial charge in [-0.05, 0) is 32.0 Å². The molecule has 20 heavy (non-hydrogen) atoms. The minimum absolute atomic E-state index is 0.394. The molecule has 1 aromatic heterocycles. The van der Waals surface area contributed by atoms with E-state index in [9.17, 15) is 0 Å². The summed E-state index contributed by atoms with van der Waals surface area (Å²) in [5.41, 5.74) is 2.12. The number of pyridine rings is 1. The van der Waals surface area contributed by atoms with Crippen LogP contribution in [0.4, 0.5) is 0 Å². The summed E-state index contributed by atoms with van der Waals surface area (Å²) in [4.78, 5) is 7.00. The van der Waals surface area contributed by atoms with Crippen molar-refractivity contribution >= 4 is 0 Å². The minimum atomic E-state index is 0.394. The maximum Gasteiger partial charge on any atom is 0.0891 e. The molecule has 1 aromatic rings. The number of hydrogen-bond donors (Lipinski definition) is 1. The molecule has 1 aliphatic rings. The van der Waals surface area contributed by atoms with Crippen LogP contribution < -0.4 is 5.32 Å². The summed E-state index contributed by atoms with van der Waals surface area (Å²) < 4.78 is 5.99. The van der Waals surface area contributed by atoms with Gasteiger partial charge in [0.2, 0.25) is 0 Å². The van der Waals surface area contributed by atoms with Gasteiger partial charge in [-0.2, -0.15) is 0 Å². The molecule has 0 atom stereocenters. The molecule has 0 radical (unpaired) electrons. The van der Waals surface area contributed by atoms with Gasteiger partial charge in [0.25, 0.3) is 0 Å². The van der Waals surface area contributed by atoms with E-state index in [2.05, 4.69) is 48.2 Å². The Kier molecular flexibility index (Phi) is 5.95. The number of nitrogens with one attached hydrogen (secondary N) is 1. The summed E-state index contributed by atoms with van der Waals surface area (Å²) in [6.07, 6.45) is 2.65. The Morgan fingerprint density at radius 3 is 2.70 bits per heavy atom. The second kappa shape index (κ2) is 7.72. The zero-order valence-corrected chi connectivity index (χ0v) is 12.9. The fourth-order valence-electron chi connectivity index (χ4n) is 2.37. The molecule has 1 aliphatic heterocycles. The summed E-state index contributed by atoms with van der Waals surface area (Å²) in [6, 6.07) is 6.66. The lowest BCUT2D eigenvalue weighted by Gasteiger charge is -2.28. The molecule has 4 heteroatoms. The largest absolute Gasteiger partial charge is 0.372 e. The van der Waals surface area contributed by atoms with Crippen molar-refractivity contribution < 1.29 is 4.74 Å². The van der Waals surface area contributed by atoms with Crippen LogP contribution >= 0.6 is 0 Å². The van der Waals surface area contributed by atoms with Crippen LogP contribution in [0.3, 0.4) is 0 Å². The van der Waals surface area contributed by atoms with E-state index >= 15 is 0 Å². The highest BCUT2D eigenvalue weighted by Crippen LogP contribution is 2.14. The Morgan fingerprint density at radius 1 is 1.30 bits per heavy atom. The maximum atomic E-state index is 5.99. The van der Waals surface area contributed by atoms with Gasteiger partial charge in [-0.1, -0.05) is 19.9 Å².